The Balaban J connectivity index is 2.21. The molecule has 0 amide bonds. The number of aliphatic hydroxyl groups excluding tert-OH is 1. The van der Waals surface area contributed by atoms with Gasteiger partial charge in [-0.1, -0.05) is 19.4 Å². The van der Waals surface area contributed by atoms with Gasteiger partial charge >= 0.3 is 0 Å². The minimum absolute atomic E-state index is 0.188. The SMILES string of the molecule is CCCC(CO)c1ccc2c(c1)OCCO2. The van der Waals surface area contributed by atoms with E-state index in [9.17, 15) is 5.11 Å². The topological polar surface area (TPSA) is 38.7 Å². The van der Waals surface area contributed by atoms with E-state index in [1.165, 1.54) is 0 Å². The third-order valence-corrected chi connectivity index (χ3v) is 2.90. The highest BCUT2D eigenvalue weighted by atomic mass is 16.6. The molecule has 0 fully saturated rings. The van der Waals surface area contributed by atoms with E-state index < -0.39 is 0 Å². The molecule has 1 unspecified atom stereocenters. The highest BCUT2D eigenvalue weighted by molar-refractivity contribution is 5.44. The van der Waals surface area contributed by atoms with Crippen LogP contribution in [0.2, 0.25) is 0 Å². The van der Waals surface area contributed by atoms with Crippen LogP contribution in [-0.2, 0) is 0 Å². The highest BCUT2D eigenvalue weighted by Gasteiger charge is 2.15. The first kappa shape index (κ1) is 11.3. The van der Waals surface area contributed by atoms with Crippen molar-refractivity contribution in [3.63, 3.8) is 0 Å². The predicted octanol–water partition coefficient (Wildman–Crippen LogP) is 2.33. The van der Waals surface area contributed by atoms with Crippen LogP contribution in [-0.4, -0.2) is 24.9 Å². The number of hydrogen-bond acceptors (Lipinski definition) is 3. The van der Waals surface area contributed by atoms with E-state index in [4.69, 9.17) is 9.47 Å². The molecule has 1 N–H and O–H groups in total. The summed E-state index contributed by atoms with van der Waals surface area (Å²) in [6.07, 6.45) is 2.07. The molecule has 88 valence electrons. The summed E-state index contributed by atoms with van der Waals surface area (Å²) in [5, 5.41) is 9.34. The van der Waals surface area contributed by atoms with Crippen molar-refractivity contribution >= 4 is 0 Å². The first-order valence-corrected chi connectivity index (χ1v) is 5.85. The molecule has 1 heterocycles. The standard InChI is InChI=1S/C13H18O3/c1-2-3-11(9-14)10-4-5-12-13(8-10)16-7-6-15-12/h4-5,8,11,14H,2-3,6-7,9H2,1H3. The Bertz CT molecular complexity index is 349. The Morgan fingerprint density at radius 1 is 1.25 bits per heavy atom. The zero-order chi connectivity index (χ0) is 11.4. The van der Waals surface area contributed by atoms with Crippen LogP contribution >= 0.6 is 0 Å². The summed E-state index contributed by atoms with van der Waals surface area (Å²) in [7, 11) is 0. The van der Waals surface area contributed by atoms with Crippen molar-refractivity contribution in [2.24, 2.45) is 0 Å². The van der Waals surface area contributed by atoms with Crippen LogP contribution in [0.3, 0.4) is 0 Å². The molecule has 1 aliphatic heterocycles. The fourth-order valence-corrected chi connectivity index (χ4v) is 2.03. The van der Waals surface area contributed by atoms with Gasteiger partial charge in [-0.2, -0.15) is 0 Å². The van der Waals surface area contributed by atoms with Crippen molar-refractivity contribution in [2.45, 2.75) is 25.7 Å². The zero-order valence-corrected chi connectivity index (χ0v) is 9.61. The highest BCUT2D eigenvalue weighted by Crippen LogP contribution is 2.34. The number of hydrogen-bond donors (Lipinski definition) is 1. The minimum atomic E-state index is 0.188. The summed E-state index contributed by atoms with van der Waals surface area (Å²) < 4.78 is 11.0. The second-order valence-corrected chi connectivity index (χ2v) is 4.07. The Labute approximate surface area is 96.0 Å². The molecule has 1 aromatic carbocycles. The predicted molar refractivity (Wildman–Crippen MR) is 62.2 cm³/mol. The summed E-state index contributed by atoms with van der Waals surface area (Å²) in [5.74, 6) is 1.82. The van der Waals surface area contributed by atoms with Crippen LogP contribution in [0.15, 0.2) is 18.2 Å². The lowest BCUT2D eigenvalue weighted by Gasteiger charge is -2.21. The van der Waals surface area contributed by atoms with Crippen LogP contribution in [0.1, 0.15) is 31.2 Å². The summed E-state index contributed by atoms with van der Waals surface area (Å²) in [4.78, 5) is 0. The maximum Gasteiger partial charge on any atom is 0.161 e. The van der Waals surface area contributed by atoms with Crippen molar-refractivity contribution < 1.29 is 14.6 Å². The van der Waals surface area contributed by atoms with Crippen LogP contribution < -0.4 is 9.47 Å². The molecule has 0 aliphatic carbocycles. The van der Waals surface area contributed by atoms with E-state index in [0.29, 0.717) is 13.2 Å². The monoisotopic (exact) mass is 222 g/mol. The molecule has 0 saturated carbocycles. The maximum absolute atomic E-state index is 9.34. The molecule has 0 saturated heterocycles. The van der Waals surface area contributed by atoms with Gasteiger partial charge in [-0.3, -0.25) is 0 Å². The maximum atomic E-state index is 9.34. The summed E-state index contributed by atoms with van der Waals surface area (Å²) in [6.45, 7) is 3.53. The lowest BCUT2D eigenvalue weighted by Crippen LogP contribution is -2.16. The van der Waals surface area contributed by atoms with Gasteiger partial charge < -0.3 is 14.6 Å². The van der Waals surface area contributed by atoms with E-state index >= 15 is 0 Å². The Hall–Kier alpha value is -1.22. The van der Waals surface area contributed by atoms with Crippen molar-refractivity contribution in [1.29, 1.82) is 0 Å². The van der Waals surface area contributed by atoms with Gasteiger partial charge in [0.15, 0.2) is 11.5 Å². The Kier molecular flexibility index (Phi) is 3.67. The molecule has 1 aromatic rings. The zero-order valence-electron chi connectivity index (χ0n) is 9.61. The average Bonchev–Trinajstić information content (AvgIpc) is 2.35. The average molecular weight is 222 g/mol. The molecule has 1 atom stereocenters. The molecule has 0 bridgehead atoms. The van der Waals surface area contributed by atoms with Gasteiger partial charge in [0.25, 0.3) is 0 Å². The fraction of sp³-hybridized carbons (Fsp3) is 0.538. The summed E-state index contributed by atoms with van der Waals surface area (Å²) >= 11 is 0. The van der Waals surface area contributed by atoms with Crippen LogP contribution in [0.4, 0.5) is 0 Å². The third kappa shape index (κ3) is 2.30. The van der Waals surface area contributed by atoms with Gasteiger partial charge in [-0.25, -0.2) is 0 Å². The smallest absolute Gasteiger partial charge is 0.161 e. The first-order valence-electron chi connectivity index (χ1n) is 5.85. The quantitative estimate of drug-likeness (QED) is 0.849. The molecule has 1 aliphatic rings. The molecule has 3 nitrogen and oxygen atoms in total. The van der Waals surface area contributed by atoms with Crippen molar-refractivity contribution in [1.82, 2.24) is 0 Å². The van der Waals surface area contributed by atoms with Crippen molar-refractivity contribution in [3.05, 3.63) is 23.8 Å². The van der Waals surface area contributed by atoms with Gasteiger partial charge in [0.05, 0.1) is 0 Å². The Morgan fingerprint density at radius 2 is 2.00 bits per heavy atom. The van der Waals surface area contributed by atoms with Gasteiger partial charge in [-0.05, 0) is 24.1 Å². The van der Waals surface area contributed by atoms with Crippen molar-refractivity contribution in [2.75, 3.05) is 19.8 Å². The number of fused-ring (bicyclic) bond motifs is 1. The van der Waals surface area contributed by atoms with Crippen LogP contribution in [0.25, 0.3) is 0 Å². The lowest BCUT2D eigenvalue weighted by molar-refractivity contribution is 0.171. The molecule has 0 radical (unpaired) electrons. The van der Waals surface area contributed by atoms with Crippen molar-refractivity contribution in [3.8, 4) is 11.5 Å². The second kappa shape index (κ2) is 5.21. The first-order chi connectivity index (χ1) is 7.85. The van der Waals surface area contributed by atoms with Gasteiger partial charge in [-0.15, -0.1) is 0 Å². The fourth-order valence-electron chi connectivity index (χ4n) is 2.03. The molecule has 3 heteroatoms. The molecule has 0 spiro atoms. The van der Waals surface area contributed by atoms with E-state index in [-0.39, 0.29) is 12.5 Å². The second-order valence-electron chi connectivity index (χ2n) is 4.07. The van der Waals surface area contributed by atoms with E-state index in [1.54, 1.807) is 0 Å². The molecule has 2 rings (SSSR count). The normalized spacial score (nSPS) is 15.9. The van der Waals surface area contributed by atoms with Gasteiger partial charge in [0.1, 0.15) is 13.2 Å². The van der Waals surface area contributed by atoms with Gasteiger partial charge in [0, 0.05) is 12.5 Å². The number of benzene rings is 1. The van der Waals surface area contributed by atoms with E-state index in [2.05, 4.69) is 6.92 Å². The summed E-state index contributed by atoms with van der Waals surface area (Å²) in [5.41, 5.74) is 1.13. The number of aliphatic hydroxyl groups is 1. The Morgan fingerprint density at radius 3 is 2.69 bits per heavy atom. The number of ether oxygens (including phenoxy) is 2. The van der Waals surface area contributed by atoms with Crippen LogP contribution in [0, 0.1) is 0 Å². The molecule has 0 aromatic heterocycles. The molecular weight excluding hydrogens is 204 g/mol. The van der Waals surface area contributed by atoms with Gasteiger partial charge in [0.2, 0.25) is 0 Å². The molecule has 16 heavy (non-hydrogen) atoms. The lowest BCUT2D eigenvalue weighted by atomic mass is 9.95. The largest absolute Gasteiger partial charge is 0.486 e. The summed E-state index contributed by atoms with van der Waals surface area (Å²) in [6, 6.07) is 5.94. The number of rotatable bonds is 4. The van der Waals surface area contributed by atoms with Crippen LogP contribution in [0.5, 0.6) is 11.5 Å². The van der Waals surface area contributed by atoms with E-state index in [0.717, 1.165) is 29.9 Å². The minimum Gasteiger partial charge on any atom is -0.486 e. The molecular formula is C13H18O3. The van der Waals surface area contributed by atoms with E-state index in [1.807, 2.05) is 18.2 Å². The third-order valence-electron chi connectivity index (χ3n) is 2.90.